The molecule has 0 radical (unpaired) electrons. The second-order valence-electron chi connectivity index (χ2n) is 10.1. The van der Waals surface area contributed by atoms with E-state index in [0.717, 1.165) is 6.07 Å². The van der Waals surface area contributed by atoms with Crippen molar-refractivity contribution in [1.29, 1.82) is 0 Å². The van der Waals surface area contributed by atoms with Gasteiger partial charge in [0.25, 0.3) is 5.91 Å². The molecule has 0 saturated carbocycles. The van der Waals surface area contributed by atoms with Gasteiger partial charge in [-0.25, -0.2) is 0 Å². The first-order valence-electron chi connectivity index (χ1n) is 12.0. The van der Waals surface area contributed by atoms with Crippen LogP contribution in [0.3, 0.4) is 0 Å². The lowest BCUT2D eigenvalue weighted by Crippen LogP contribution is -2.64. The van der Waals surface area contributed by atoms with E-state index >= 15 is 0 Å². The number of carbonyl (C=O) groups excluding carboxylic acids is 3. The third kappa shape index (κ3) is 4.41. The number of phenols is 1. The van der Waals surface area contributed by atoms with Crippen LogP contribution in [-0.4, -0.2) is 81.4 Å². The molecule has 1 aromatic rings. The Kier molecular flexibility index (Phi) is 6.94. The number of ketones is 2. The van der Waals surface area contributed by atoms with Crippen molar-refractivity contribution in [3.8, 4) is 11.5 Å². The van der Waals surface area contributed by atoms with Crippen LogP contribution in [0.15, 0.2) is 28.7 Å². The molecule has 0 fully saturated rings. The molecule has 0 bridgehead atoms. The molecule has 0 aliphatic heterocycles. The number of halogens is 3. The fourth-order valence-electron chi connectivity index (χ4n) is 5.95. The first kappa shape index (κ1) is 28.4. The Hall–Kier alpha value is -3.62. The number of hydrogen-bond acceptors (Lipinski definition) is 10. The summed E-state index contributed by atoms with van der Waals surface area (Å²) in [6.45, 7) is 1.73. The Balaban J connectivity index is 1.95. The molecule has 4 atom stereocenters. The molecule has 7 N–H and O–H groups in total. The van der Waals surface area contributed by atoms with Crippen molar-refractivity contribution >= 4 is 17.5 Å². The molecule has 1 aromatic carbocycles. The number of aliphatic hydroxyl groups is 3. The number of ether oxygens (including phenoxy) is 1. The number of Topliss-reactive ketones (excluding diaryl/α,β-unsaturated/α-hetero) is 2. The quantitative estimate of drug-likeness (QED) is 0.278. The van der Waals surface area contributed by atoms with E-state index in [1.165, 1.54) is 4.90 Å². The zero-order valence-corrected chi connectivity index (χ0v) is 21.2. The minimum absolute atomic E-state index is 0.0459. The highest BCUT2D eigenvalue weighted by Crippen LogP contribution is 2.53. The second-order valence-corrected chi connectivity index (χ2v) is 10.1. The zero-order valence-electron chi connectivity index (χ0n) is 21.2. The highest BCUT2D eigenvalue weighted by atomic mass is 19.4. The number of primary amides is 1. The second kappa shape index (κ2) is 9.54. The van der Waals surface area contributed by atoms with Crippen molar-refractivity contribution in [2.24, 2.45) is 17.6 Å². The van der Waals surface area contributed by atoms with Gasteiger partial charge in [0, 0.05) is 29.2 Å². The third-order valence-electron chi connectivity index (χ3n) is 7.36. The molecule has 0 heterocycles. The largest absolute Gasteiger partial charge is 0.573 e. The number of nitrogens with two attached hydrogens (primary N) is 1. The predicted molar refractivity (Wildman–Crippen MR) is 128 cm³/mol. The first-order chi connectivity index (χ1) is 18.0. The Morgan fingerprint density at radius 1 is 1.26 bits per heavy atom. The smallest absolute Gasteiger partial charge is 0.510 e. The van der Waals surface area contributed by atoms with Gasteiger partial charge in [-0.05, 0) is 45.5 Å². The van der Waals surface area contributed by atoms with Gasteiger partial charge in [-0.2, -0.15) is 0 Å². The van der Waals surface area contributed by atoms with Gasteiger partial charge in [-0.3, -0.25) is 14.4 Å². The first-order valence-corrected chi connectivity index (χ1v) is 12.0. The molecular formula is C25H28F3N3O8. The Morgan fingerprint density at radius 2 is 1.90 bits per heavy atom. The number of rotatable bonds is 6. The van der Waals surface area contributed by atoms with E-state index in [9.17, 15) is 48.0 Å². The van der Waals surface area contributed by atoms with Gasteiger partial charge in [0.2, 0.25) is 5.78 Å². The molecule has 1 amide bonds. The normalized spacial score (nSPS) is 26.9. The molecule has 0 saturated heterocycles. The van der Waals surface area contributed by atoms with E-state index < -0.39 is 87.0 Å². The summed E-state index contributed by atoms with van der Waals surface area (Å²) in [4.78, 5) is 40.4. The Labute approximate surface area is 220 Å². The van der Waals surface area contributed by atoms with Crippen molar-refractivity contribution < 1.29 is 52.7 Å². The van der Waals surface area contributed by atoms with Crippen LogP contribution in [-0.2, 0) is 22.6 Å². The highest BCUT2D eigenvalue weighted by Gasteiger charge is 2.63. The molecule has 3 aliphatic rings. The van der Waals surface area contributed by atoms with E-state index in [2.05, 4.69) is 10.1 Å². The number of benzene rings is 1. The van der Waals surface area contributed by atoms with E-state index in [0.29, 0.717) is 0 Å². The van der Waals surface area contributed by atoms with E-state index in [1.807, 2.05) is 0 Å². The summed E-state index contributed by atoms with van der Waals surface area (Å²) in [6.07, 6.45) is -5.74. The zero-order chi connectivity index (χ0) is 29.2. The Morgan fingerprint density at radius 3 is 2.44 bits per heavy atom. The lowest BCUT2D eigenvalue weighted by molar-refractivity contribution is -0.275. The van der Waals surface area contributed by atoms with Gasteiger partial charge in [0.05, 0.1) is 11.6 Å². The molecule has 212 valence electrons. The summed E-state index contributed by atoms with van der Waals surface area (Å²) in [5, 5.41) is 47.0. The van der Waals surface area contributed by atoms with Crippen LogP contribution in [0.25, 0.3) is 0 Å². The molecule has 39 heavy (non-hydrogen) atoms. The van der Waals surface area contributed by atoms with Crippen LogP contribution >= 0.6 is 0 Å². The van der Waals surface area contributed by atoms with Crippen molar-refractivity contribution in [3.05, 3.63) is 45.4 Å². The molecule has 3 aliphatic carbocycles. The minimum Gasteiger partial charge on any atom is -0.510 e. The van der Waals surface area contributed by atoms with E-state index in [-0.39, 0.29) is 37.1 Å². The number of nitrogens with one attached hydrogen (secondary N) is 1. The average molecular weight is 556 g/mol. The summed E-state index contributed by atoms with van der Waals surface area (Å²) >= 11 is 0. The van der Waals surface area contributed by atoms with Gasteiger partial charge < -0.3 is 41.1 Å². The summed E-state index contributed by atoms with van der Waals surface area (Å²) in [7, 11) is 3.17. The lowest BCUT2D eigenvalue weighted by atomic mass is 9.58. The van der Waals surface area contributed by atoms with Gasteiger partial charge >= 0.3 is 6.36 Å². The lowest BCUT2D eigenvalue weighted by Gasteiger charge is -2.48. The van der Waals surface area contributed by atoms with Crippen molar-refractivity contribution in [3.63, 3.8) is 0 Å². The average Bonchev–Trinajstić information content (AvgIpc) is 2.80. The molecular weight excluding hydrogens is 527 g/mol. The van der Waals surface area contributed by atoms with Crippen LogP contribution in [0.4, 0.5) is 13.2 Å². The van der Waals surface area contributed by atoms with Crippen molar-refractivity contribution in [2.75, 3.05) is 20.6 Å². The SMILES string of the molecule is CCN[C@@H]1C(O)=C(C(N)=O)C(=O)[C@@]2(O)C(O)=C3C(=O)c4c(O)cc(CN(C)C)c(OC(F)(F)F)c4C[C@H]3C[C@@H]12. The number of aromatic hydroxyl groups is 1. The molecule has 11 nitrogen and oxygen atoms in total. The van der Waals surface area contributed by atoms with Gasteiger partial charge in [0.1, 0.15) is 28.6 Å². The maximum absolute atomic E-state index is 13.6. The highest BCUT2D eigenvalue weighted by molar-refractivity contribution is 6.24. The van der Waals surface area contributed by atoms with E-state index in [1.54, 1.807) is 21.0 Å². The van der Waals surface area contributed by atoms with Gasteiger partial charge in [-0.15, -0.1) is 13.2 Å². The molecule has 0 unspecified atom stereocenters. The topological polar surface area (TPSA) is 183 Å². The number of aliphatic hydroxyl groups excluding tert-OH is 2. The van der Waals surface area contributed by atoms with Crippen molar-refractivity contribution in [2.45, 2.75) is 44.3 Å². The predicted octanol–water partition coefficient (Wildman–Crippen LogP) is 1.13. The fraction of sp³-hybridized carbons (Fsp3) is 0.480. The van der Waals surface area contributed by atoms with Crippen LogP contribution in [0.5, 0.6) is 11.5 Å². The number of alkyl halides is 3. The molecule has 4 rings (SSSR count). The summed E-state index contributed by atoms with van der Waals surface area (Å²) in [5.74, 6) is -9.49. The summed E-state index contributed by atoms with van der Waals surface area (Å²) in [6, 6.07) is -0.311. The van der Waals surface area contributed by atoms with Crippen LogP contribution < -0.4 is 15.8 Å². The number of amides is 1. The number of nitrogens with zero attached hydrogens (tertiary/aromatic N) is 1. The monoisotopic (exact) mass is 555 g/mol. The van der Waals surface area contributed by atoms with Crippen molar-refractivity contribution in [1.82, 2.24) is 10.2 Å². The van der Waals surface area contributed by atoms with Crippen LogP contribution in [0.2, 0.25) is 0 Å². The maximum atomic E-state index is 13.6. The number of likely N-dealkylation sites (N-methyl/N-ethyl adjacent to an activating group) is 1. The number of carbonyl (C=O) groups is 3. The third-order valence-corrected chi connectivity index (χ3v) is 7.36. The fourth-order valence-corrected chi connectivity index (χ4v) is 5.95. The summed E-state index contributed by atoms with van der Waals surface area (Å²) in [5.41, 5.74) is 0.0969. The van der Waals surface area contributed by atoms with Gasteiger partial charge in [-0.1, -0.05) is 6.92 Å². The number of allylic oxidation sites excluding steroid dienone is 1. The minimum atomic E-state index is -5.13. The maximum Gasteiger partial charge on any atom is 0.573 e. The Bertz CT molecular complexity index is 1340. The molecule has 0 aromatic heterocycles. The van der Waals surface area contributed by atoms with E-state index in [4.69, 9.17) is 5.73 Å². The number of fused-ring (bicyclic) bond motifs is 3. The number of phenolic OH excluding ortho intramolecular Hbond substituents is 1. The number of hydrogen-bond donors (Lipinski definition) is 6. The standard InChI is InChI=1S/C25H28F3N3O8/c1-4-30-17-12-6-9-5-11-15(13(32)7-10(8-31(2)3)20(11)39-25(26,27)28)18(33)14(9)21(35)24(12,38)22(36)16(19(17)34)23(29)37/h7,9,12,17,30,32,34-35,38H,4-6,8H2,1-3H3,(H2,29,37)/t9-,12-,17-,24-/m0/s1. The van der Waals surface area contributed by atoms with Crippen LogP contribution in [0, 0.1) is 11.8 Å². The van der Waals surface area contributed by atoms with Gasteiger partial charge in [0.15, 0.2) is 11.4 Å². The van der Waals surface area contributed by atoms with Crippen LogP contribution in [0.1, 0.15) is 34.8 Å². The molecule has 0 spiro atoms. The molecule has 14 heteroatoms. The summed E-state index contributed by atoms with van der Waals surface area (Å²) < 4.78 is 44.6.